The van der Waals surface area contributed by atoms with Crippen LogP contribution in [-0.2, 0) is 33.9 Å². The Kier molecular flexibility index (Phi) is 14.6. The van der Waals surface area contributed by atoms with Crippen molar-refractivity contribution in [2.45, 2.75) is 33.4 Å². The number of anilines is 2. The van der Waals surface area contributed by atoms with E-state index < -0.39 is 11.9 Å². The summed E-state index contributed by atoms with van der Waals surface area (Å²) >= 11 is 2.76. The number of aromatic nitrogens is 4. The number of nitrogens with zero attached hydrogens (tertiary/aromatic N) is 8. The Hall–Kier alpha value is -6.40. The van der Waals surface area contributed by atoms with Crippen LogP contribution in [0.1, 0.15) is 40.9 Å². The minimum Gasteiger partial charge on any atom is -0.496 e. The molecule has 326 valence electrons. The van der Waals surface area contributed by atoms with E-state index in [0.717, 1.165) is 50.9 Å². The van der Waals surface area contributed by atoms with Gasteiger partial charge in [-0.1, -0.05) is 114 Å². The molecule has 2 aliphatic heterocycles. The number of carboxylic acids is 2. The lowest BCUT2D eigenvalue weighted by Gasteiger charge is -2.36. The molecule has 2 fully saturated rings. The highest BCUT2D eigenvalue weighted by Gasteiger charge is 2.33. The van der Waals surface area contributed by atoms with E-state index in [4.69, 9.17) is 14.9 Å². The first kappa shape index (κ1) is 44.6. The number of rotatable bonds is 16. The minimum atomic E-state index is -0.728. The first-order chi connectivity index (χ1) is 30.5. The molecule has 15 nitrogen and oxygen atoms in total. The molecule has 0 aliphatic carbocycles. The highest BCUT2D eigenvalue weighted by molar-refractivity contribution is 7.19. The van der Waals surface area contributed by atoms with E-state index in [1.165, 1.54) is 22.7 Å². The minimum absolute atomic E-state index is 0.000890. The number of hydrogen-bond acceptors (Lipinski definition) is 13. The average molecular weight is 889 g/mol. The molecule has 63 heavy (non-hydrogen) atoms. The van der Waals surface area contributed by atoms with Crippen molar-refractivity contribution >= 4 is 56.7 Å². The molecule has 6 aromatic rings. The van der Waals surface area contributed by atoms with Gasteiger partial charge in [-0.15, -0.1) is 20.4 Å². The zero-order chi connectivity index (χ0) is 44.5. The molecule has 17 heteroatoms. The molecular formula is C46H48N8O7S2. The van der Waals surface area contributed by atoms with Crippen molar-refractivity contribution in [3.63, 3.8) is 0 Å². The number of likely N-dealkylation sites (tertiary alicyclic amines) is 2. The van der Waals surface area contributed by atoms with E-state index in [1.54, 1.807) is 35.1 Å². The van der Waals surface area contributed by atoms with Gasteiger partial charge in [-0.25, -0.2) is 0 Å². The maximum atomic E-state index is 13.1. The van der Waals surface area contributed by atoms with Crippen LogP contribution >= 0.6 is 22.7 Å². The summed E-state index contributed by atoms with van der Waals surface area (Å²) in [4.78, 5) is 55.2. The molecule has 4 heterocycles. The van der Waals surface area contributed by atoms with E-state index in [-0.39, 0.29) is 23.7 Å². The number of carbonyl (C=O) groups is 4. The number of hydrogen-bond donors (Lipinski definition) is 2. The van der Waals surface area contributed by atoms with E-state index in [2.05, 4.69) is 30.2 Å². The first-order valence-corrected chi connectivity index (χ1v) is 22.2. The summed E-state index contributed by atoms with van der Waals surface area (Å²) in [5.74, 6) is -1.61. The fourth-order valence-electron chi connectivity index (χ4n) is 7.23. The number of amides is 2. The summed E-state index contributed by atoms with van der Waals surface area (Å²) in [5, 5.41) is 37.7. The van der Waals surface area contributed by atoms with Crippen LogP contribution in [0.3, 0.4) is 0 Å². The zero-order valence-electron chi connectivity index (χ0n) is 35.2. The number of likely N-dealkylation sites (N-methyl/N-ethyl adjacent to an activating group) is 1. The van der Waals surface area contributed by atoms with Crippen molar-refractivity contribution in [3.05, 3.63) is 125 Å². The topological polar surface area (TPSA) is 182 Å². The maximum Gasteiger partial charge on any atom is 0.309 e. The zero-order valence-corrected chi connectivity index (χ0v) is 36.8. The summed E-state index contributed by atoms with van der Waals surface area (Å²) in [6, 6.07) is 32.9. The Morgan fingerprint density at radius 3 is 1.54 bits per heavy atom. The molecule has 0 atom stereocenters. The number of benzene rings is 4. The lowest BCUT2D eigenvalue weighted by Crippen LogP contribution is -2.49. The maximum absolute atomic E-state index is 13.1. The molecule has 2 aliphatic rings. The molecule has 2 N–H and O–H groups in total. The van der Waals surface area contributed by atoms with Gasteiger partial charge in [0.05, 0.1) is 30.9 Å². The van der Waals surface area contributed by atoms with Crippen molar-refractivity contribution in [3.8, 4) is 26.9 Å². The normalized spacial score (nSPS) is 14.1. The molecule has 8 rings (SSSR count). The van der Waals surface area contributed by atoms with Crippen LogP contribution in [0.2, 0.25) is 0 Å². The molecule has 0 saturated carbocycles. The monoisotopic (exact) mass is 888 g/mol. The Labute approximate surface area is 373 Å². The lowest BCUT2D eigenvalue weighted by molar-refractivity contribution is -0.148. The number of carbonyl (C=O) groups excluding carboxylic acids is 2. The highest BCUT2D eigenvalue weighted by atomic mass is 32.1. The lowest BCUT2D eigenvalue weighted by atomic mass is 9.99. The van der Waals surface area contributed by atoms with Crippen molar-refractivity contribution in [2.75, 3.05) is 56.2 Å². The third kappa shape index (κ3) is 11.0. The van der Waals surface area contributed by atoms with Gasteiger partial charge in [0.15, 0.2) is 0 Å². The largest absolute Gasteiger partial charge is 0.496 e. The SMILES string of the molecule is CCN(C(=O)Cc1ccccc1)c1nnc(-c2ccc(CN3CC(C(=O)O)C3)cc2)s1.CCN(C(=O)c1ccccc1OC)c1nnc(-c2ccc(CN3CC(C(=O)O)C3)cc2)s1. The summed E-state index contributed by atoms with van der Waals surface area (Å²) in [7, 11) is 1.54. The second kappa shape index (κ2) is 20.6. The Morgan fingerprint density at radius 1 is 0.619 bits per heavy atom. The van der Waals surface area contributed by atoms with Crippen molar-refractivity contribution in [1.29, 1.82) is 0 Å². The van der Waals surface area contributed by atoms with Gasteiger partial charge in [0.25, 0.3) is 5.91 Å². The molecular weight excluding hydrogens is 841 g/mol. The molecule has 4 aromatic carbocycles. The van der Waals surface area contributed by atoms with Gasteiger partial charge >= 0.3 is 11.9 Å². The number of para-hydroxylation sites is 1. The summed E-state index contributed by atoms with van der Waals surface area (Å²) in [5.41, 5.74) is 5.57. The number of carboxylic acid groups (broad SMARTS) is 2. The number of methoxy groups -OCH3 is 1. The smallest absolute Gasteiger partial charge is 0.309 e. The Bertz CT molecular complexity index is 2500. The Morgan fingerprint density at radius 2 is 1.08 bits per heavy atom. The first-order valence-electron chi connectivity index (χ1n) is 20.6. The molecule has 2 amide bonds. The van der Waals surface area contributed by atoms with Crippen LogP contribution < -0.4 is 14.5 Å². The van der Waals surface area contributed by atoms with E-state index in [1.807, 2.05) is 98.8 Å². The van der Waals surface area contributed by atoms with Crippen molar-refractivity contribution in [2.24, 2.45) is 11.8 Å². The third-order valence-corrected chi connectivity index (χ3v) is 12.8. The van der Waals surface area contributed by atoms with Crippen molar-refractivity contribution in [1.82, 2.24) is 30.2 Å². The molecule has 0 spiro atoms. The van der Waals surface area contributed by atoms with Gasteiger partial charge in [-0.05, 0) is 42.7 Å². The van der Waals surface area contributed by atoms with Crippen LogP contribution in [0.25, 0.3) is 21.1 Å². The van der Waals surface area contributed by atoms with Gasteiger partial charge in [-0.3, -0.25) is 38.8 Å². The van der Waals surface area contributed by atoms with Gasteiger partial charge in [0.2, 0.25) is 16.2 Å². The summed E-state index contributed by atoms with van der Waals surface area (Å²) in [6.07, 6.45) is 0.331. The summed E-state index contributed by atoms with van der Waals surface area (Å²) < 4.78 is 5.33. The van der Waals surface area contributed by atoms with Gasteiger partial charge < -0.3 is 14.9 Å². The molecule has 0 unspecified atom stereocenters. The fourth-order valence-corrected chi connectivity index (χ4v) is 9.07. The van der Waals surface area contributed by atoms with E-state index in [9.17, 15) is 19.2 Å². The molecule has 0 bridgehead atoms. The highest BCUT2D eigenvalue weighted by Crippen LogP contribution is 2.32. The van der Waals surface area contributed by atoms with Crippen molar-refractivity contribution < 1.29 is 34.1 Å². The third-order valence-electron chi connectivity index (χ3n) is 10.8. The van der Waals surface area contributed by atoms with Crippen LogP contribution in [0.15, 0.2) is 103 Å². The van der Waals surface area contributed by atoms with E-state index in [0.29, 0.717) is 67.3 Å². The Balaban J connectivity index is 0.000000189. The van der Waals surface area contributed by atoms with Crippen LogP contribution in [0, 0.1) is 11.8 Å². The second-order valence-electron chi connectivity index (χ2n) is 15.2. The summed E-state index contributed by atoms with van der Waals surface area (Å²) in [6.45, 7) is 8.65. The predicted molar refractivity (Wildman–Crippen MR) is 242 cm³/mol. The van der Waals surface area contributed by atoms with Crippen LogP contribution in [0.5, 0.6) is 5.75 Å². The number of ether oxygens (including phenoxy) is 1. The number of aliphatic carboxylic acids is 2. The van der Waals surface area contributed by atoms with E-state index >= 15 is 0 Å². The van der Waals surface area contributed by atoms with Crippen LogP contribution in [0.4, 0.5) is 10.3 Å². The van der Waals surface area contributed by atoms with Gasteiger partial charge in [0.1, 0.15) is 15.8 Å². The van der Waals surface area contributed by atoms with Gasteiger partial charge in [-0.2, -0.15) is 0 Å². The standard InChI is InChI=1S/C23H24N4O4S.C23H24N4O3S/c1-3-27(21(28)18-6-4-5-7-19(18)31-2)23-25-24-20(32-23)16-10-8-15(9-11-16)12-26-13-17(14-26)22(29)30;1-2-27(20(28)12-16-6-4-3-5-7-16)23-25-24-21(31-23)18-10-8-17(9-11-18)13-26-14-19(15-26)22(29)30/h4-11,17H,3,12-14H2,1-2H3,(H,29,30);3-11,19H,2,12-15H2,1H3,(H,29,30). The predicted octanol–water partition coefficient (Wildman–Crippen LogP) is 6.71. The van der Waals surface area contributed by atoms with Crippen LogP contribution in [-0.4, -0.2) is 111 Å². The molecule has 2 aromatic heterocycles. The quantitative estimate of drug-likeness (QED) is 0.105. The average Bonchev–Trinajstić information content (AvgIpc) is 3.96. The fraction of sp³-hybridized carbons (Fsp3) is 0.304. The van der Waals surface area contributed by atoms with Gasteiger partial charge in [0, 0.05) is 63.5 Å². The molecule has 2 saturated heterocycles. The second-order valence-corrected chi connectivity index (χ2v) is 17.1. The molecule has 0 radical (unpaired) electrons.